The summed E-state index contributed by atoms with van der Waals surface area (Å²) in [7, 11) is 1.89. The fourth-order valence-corrected chi connectivity index (χ4v) is 4.81. The topological polar surface area (TPSA) is 81.7 Å². The number of aliphatic hydroxyl groups is 1. The van der Waals surface area contributed by atoms with Crippen molar-refractivity contribution >= 4 is 21.9 Å². The lowest BCUT2D eigenvalue weighted by Gasteiger charge is -2.23. The first-order valence-electron chi connectivity index (χ1n) is 11.7. The maximum Gasteiger partial charge on any atom is 0.110 e. The molecule has 0 spiro atoms. The molecule has 0 aliphatic rings. The zero-order valence-corrected chi connectivity index (χ0v) is 20.3. The lowest BCUT2D eigenvalue weighted by atomic mass is 9.99. The van der Waals surface area contributed by atoms with E-state index in [0.717, 1.165) is 57.4 Å². The molecule has 7 nitrogen and oxygen atoms in total. The SMILES string of the molecule is CCCC(c1ccccc1)n1c2cc(-c3c(C)nnn3C)ncc2c2ncc(C(C)(C)O)cc21. The summed E-state index contributed by atoms with van der Waals surface area (Å²) in [5.74, 6) is 0. The van der Waals surface area contributed by atoms with Crippen molar-refractivity contribution in [2.24, 2.45) is 7.05 Å². The molecular weight excluding hydrogens is 424 g/mol. The maximum atomic E-state index is 10.7. The average molecular weight is 455 g/mol. The molecule has 0 saturated carbocycles. The third-order valence-corrected chi connectivity index (χ3v) is 6.53. The van der Waals surface area contributed by atoms with Crippen LogP contribution in [0.2, 0.25) is 0 Å². The highest BCUT2D eigenvalue weighted by atomic mass is 16.3. The van der Waals surface area contributed by atoms with Gasteiger partial charge in [0.2, 0.25) is 0 Å². The second-order valence-electron chi connectivity index (χ2n) is 9.47. The number of aromatic nitrogens is 6. The summed E-state index contributed by atoms with van der Waals surface area (Å²) in [4.78, 5) is 9.59. The van der Waals surface area contributed by atoms with Crippen LogP contribution in [0.5, 0.6) is 0 Å². The number of pyridine rings is 2. The Bertz CT molecular complexity index is 1460. The van der Waals surface area contributed by atoms with Gasteiger partial charge in [-0.2, -0.15) is 0 Å². The molecule has 1 atom stereocenters. The van der Waals surface area contributed by atoms with Gasteiger partial charge in [-0.05, 0) is 44.9 Å². The first-order valence-corrected chi connectivity index (χ1v) is 11.7. The van der Waals surface area contributed by atoms with E-state index in [1.807, 2.05) is 26.2 Å². The smallest absolute Gasteiger partial charge is 0.110 e. The second kappa shape index (κ2) is 8.33. The summed E-state index contributed by atoms with van der Waals surface area (Å²) in [5, 5.41) is 20.1. The largest absolute Gasteiger partial charge is 0.386 e. The van der Waals surface area contributed by atoms with Crippen molar-refractivity contribution in [2.75, 3.05) is 0 Å². The Labute approximate surface area is 199 Å². The van der Waals surface area contributed by atoms with Crippen LogP contribution in [0.1, 0.15) is 56.5 Å². The van der Waals surface area contributed by atoms with Crippen molar-refractivity contribution in [1.29, 1.82) is 0 Å². The van der Waals surface area contributed by atoms with Crippen LogP contribution >= 0.6 is 0 Å². The van der Waals surface area contributed by atoms with Crippen molar-refractivity contribution in [3.05, 3.63) is 71.7 Å². The lowest BCUT2D eigenvalue weighted by molar-refractivity contribution is 0.0784. The first-order chi connectivity index (χ1) is 16.3. The van der Waals surface area contributed by atoms with Gasteiger partial charge in [0.05, 0.1) is 39.6 Å². The predicted molar refractivity (Wildman–Crippen MR) is 135 cm³/mol. The molecule has 5 aromatic rings. The molecule has 7 heteroatoms. The zero-order valence-electron chi connectivity index (χ0n) is 20.3. The molecule has 0 aliphatic carbocycles. The van der Waals surface area contributed by atoms with Gasteiger partial charge in [-0.3, -0.25) is 9.97 Å². The van der Waals surface area contributed by atoms with Crippen molar-refractivity contribution in [1.82, 2.24) is 29.5 Å². The molecule has 1 aromatic carbocycles. The average Bonchev–Trinajstić information content (AvgIpc) is 3.32. The molecule has 0 bridgehead atoms. The fraction of sp³-hybridized carbons (Fsp3) is 0.333. The lowest BCUT2D eigenvalue weighted by Crippen LogP contribution is -2.16. The van der Waals surface area contributed by atoms with E-state index in [-0.39, 0.29) is 6.04 Å². The third kappa shape index (κ3) is 3.66. The normalized spacial score (nSPS) is 13.1. The van der Waals surface area contributed by atoms with Gasteiger partial charge in [0.15, 0.2) is 0 Å². The molecule has 1 unspecified atom stereocenters. The van der Waals surface area contributed by atoms with Crippen molar-refractivity contribution in [2.45, 2.75) is 52.2 Å². The highest BCUT2D eigenvalue weighted by molar-refractivity contribution is 6.06. The highest BCUT2D eigenvalue weighted by Gasteiger charge is 2.25. The van der Waals surface area contributed by atoms with Gasteiger partial charge < -0.3 is 9.67 Å². The van der Waals surface area contributed by atoms with Crippen LogP contribution < -0.4 is 0 Å². The molecule has 174 valence electrons. The number of fused-ring (bicyclic) bond motifs is 3. The molecule has 0 radical (unpaired) electrons. The standard InChI is InChI=1S/C27H30N6O/c1-6-10-22(18-11-8-7-9-12-18)33-23-14-21(26-17(2)30-31-32(26)5)28-16-20(23)25-24(33)13-19(15-29-25)27(3,4)34/h7-9,11-16,22,34H,6,10H2,1-5H3. The quantitative estimate of drug-likeness (QED) is 0.376. The minimum atomic E-state index is -0.990. The molecule has 34 heavy (non-hydrogen) atoms. The number of hydrogen-bond acceptors (Lipinski definition) is 5. The second-order valence-corrected chi connectivity index (χ2v) is 9.47. The number of nitrogens with zero attached hydrogens (tertiary/aromatic N) is 6. The fourth-order valence-electron chi connectivity index (χ4n) is 4.81. The van der Waals surface area contributed by atoms with Gasteiger partial charge in [-0.1, -0.05) is 48.9 Å². The number of hydrogen-bond donors (Lipinski definition) is 1. The minimum Gasteiger partial charge on any atom is -0.386 e. The molecule has 4 aromatic heterocycles. The molecule has 1 N–H and O–H groups in total. The summed E-state index contributed by atoms with van der Waals surface area (Å²) in [6.07, 6.45) is 5.68. The van der Waals surface area contributed by atoms with E-state index in [1.54, 1.807) is 24.7 Å². The maximum absolute atomic E-state index is 10.7. The Morgan fingerprint density at radius 3 is 2.44 bits per heavy atom. The molecular formula is C27H30N6O. The van der Waals surface area contributed by atoms with Crippen LogP contribution in [0.15, 0.2) is 54.9 Å². The van der Waals surface area contributed by atoms with Crippen LogP contribution in [-0.4, -0.2) is 34.6 Å². The van der Waals surface area contributed by atoms with Crippen LogP contribution in [0.25, 0.3) is 33.3 Å². The van der Waals surface area contributed by atoms with Crippen molar-refractivity contribution in [3.63, 3.8) is 0 Å². The van der Waals surface area contributed by atoms with E-state index in [4.69, 9.17) is 9.97 Å². The molecule has 5 rings (SSSR count). The van der Waals surface area contributed by atoms with Crippen LogP contribution in [-0.2, 0) is 12.6 Å². The van der Waals surface area contributed by atoms with Gasteiger partial charge >= 0.3 is 0 Å². The van der Waals surface area contributed by atoms with E-state index in [0.29, 0.717) is 0 Å². The monoisotopic (exact) mass is 454 g/mol. The van der Waals surface area contributed by atoms with Crippen LogP contribution in [0, 0.1) is 6.92 Å². The Morgan fingerprint density at radius 1 is 1.03 bits per heavy atom. The van der Waals surface area contributed by atoms with E-state index >= 15 is 0 Å². The summed E-state index contributed by atoms with van der Waals surface area (Å²) in [6.45, 7) is 7.75. The van der Waals surface area contributed by atoms with Gasteiger partial charge in [0.1, 0.15) is 5.69 Å². The van der Waals surface area contributed by atoms with Crippen LogP contribution in [0.3, 0.4) is 0 Å². The zero-order chi connectivity index (χ0) is 24.0. The van der Waals surface area contributed by atoms with E-state index in [2.05, 4.69) is 58.2 Å². The Kier molecular flexibility index (Phi) is 5.44. The van der Waals surface area contributed by atoms with Crippen molar-refractivity contribution < 1.29 is 5.11 Å². The molecule has 4 heterocycles. The van der Waals surface area contributed by atoms with Crippen molar-refractivity contribution in [3.8, 4) is 11.4 Å². The van der Waals surface area contributed by atoms with E-state index in [1.165, 1.54) is 5.56 Å². The number of aryl methyl sites for hydroxylation is 2. The minimum absolute atomic E-state index is 0.117. The summed E-state index contributed by atoms with van der Waals surface area (Å²) >= 11 is 0. The summed E-state index contributed by atoms with van der Waals surface area (Å²) in [5.41, 5.74) is 6.55. The Balaban J connectivity index is 1.87. The van der Waals surface area contributed by atoms with Gasteiger partial charge in [0.25, 0.3) is 0 Å². The third-order valence-electron chi connectivity index (χ3n) is 6.53. The number of benzene rings is 1. The molecule has 0 amide bonds. The van der Waals surface area contributed by atoms with Gasteiger partial charge in [-0.25, -0.2) is 4.68 Å². The Morgan fingerprint density at radius 2 is 1.79 bits per heavy atom. The van der Waals surface area contributed by atoms with Gasteiger partial charge in [-0.15, -0.1) is 5.10 Å². The Hall–Kier alpha value is -3.58. The van der Waals surface area contributed by atoms with E-state index < -0.39 is 5.60 Å². The van der Waals surface area contributed by atoms with E-state index in [9.17, 15) is 5.11 Å². The summed E-state index contributed by atoms with van der Waals surface area (Å²) < 4.78 is 4.14. The first kappa shape index (κ1) is 22.2. The van der Waals surface area contributed by atoms with Gasteiger partial charge in [0, 0.05) is 30.4 Å². The summed E-state index contributed by atoms with van der Waals surface area (Å²) in [6, 6.07) is 14.9. The molecule has 0 fully saturated rings. The predicted octanol–water partition coefficient (Wildman–Crippen LogP) is 5.31. The number of rotatable bonds is 6. The van der Waals surface area contributed by atoms with Crippen LogP contribution in [0.4, 0.5) is 0 Å². The molecule has 0 aliphatic heterocycles. The molecule has 0 saturated heterocycles. The highest BCUT2D eigenvalue weighted by Crippen LogP contribution is 2.38.